The molecule has 0 spiro atoms. The topological polar surface area (TPSA) is 114 Å². The van der Waals surface area contributed by atoms with E-state index >= 15 is 0 Å². The lowest BCUT2D eigenvalue weighted by atomic mass is 10.1. The fourth-order valence-electron chi connectivity index (χ4n) is 3.45. The highest BCUT2D eigenvalue weighted by Crippen LogP contribution is 2.29. The van der Waals surface area contributed by atoms with Gasteiger partial charge in [-0.25, -0.2) is 9.18 Å². The van der Waals surface area contributed by atoms with Gasteiger partial charge in [-0.05, 0) is 24.3 Å². The number of amides is 1. The molecule has 1 amide bonds. The van der Waals surface area contributed by atoms with E-state index < -0.39 is 18.0 Å². The van der Waals surface area contributed by atoms with Gasteiger partial charge in [0.1, 0.15) is 24.2 Å². The van der Waals surface area contributed by atoms with Gasteiger partial charge in [0.15, 0.2) is 5.84 Å². The maximum absolute atomic E-state index is 14.9. The maximum Gasteiger partial charge on any atom is 0.414 e. The van der Waals surface area contributed by atoms with E-state index in [1.54, 1.807) is 36.5 Å². The summed E-state index contributed by atoms with van der Waals surface area (Å²) in [4.78, 5) is 23.1. The van der Waals surface area contributed by atoms with Crippen LogP contribution in [-0.4, -0.2) is 54.4 Å². The number of halogens is 1. The van der Waals surface area contributed by atoms with Gasteiger partial charge >= 0.3 is 6.09 Å². The Morgan fingerprint density at radius 1 is 1.25 bits per heavy atom. The number of rotatable bonds is 6. The zero-order valence-corrected chi connectivity index (χ0v) is 16.8. The van der Waals surface area contributed by atoms with Gasteiger partial charge in [0, 0.05) is 23.4 Å². The van der Waals surface area contributed by atoms with Crippen LogP contribution in [0.2, 0.25) is 0 Å². The smallest absolute Gasteiger partial charge is 0.414 e. The molecular formula is C21H19FN6O4. The molecule has 0 bridgehead atoms. The number of hydrogen-bond donors (Lipinski definition) is 2. The fourth-order valence-corrected chi connectivity index (χ4v) is 3.45. The lowest BCUT2D eigenvalue weighted by Crippen LogP contribution is -2.32. The van der Waals surface area contributed by atoms with E-state index in [0.717, 1.165) is 0 Å². The number of amidine groups is 1. The lowest BCUT2D eigenvalue weighted by molar-refractivity contribution is 0.136. The summed E-state index contributed by atoms with van der Waals surface area (Å²) in [6, 6.07) is 9.78. The van der Waals surface area contributed by atoms with Crippen molar-refractivity contribution in [2.24, 2.45) is 5.16 Å². The molecule has 2 aliphatic heterocycles. The van der Waals surface area contributed by atoms with Gasteiger partial charge in [-0.2, -0.15) is 0 Å². The molecule has 4 heterocycles. The van der Waals surface area contributed by atoms with Crippen LogP contribution in [0.5, 0.6) is 0 Å². The number of cyclic esters (lactones) is 1. The first-order chi connectivity index (χ1) is 15.7. The second-order valence-electron chi connectivity index (χ2n) is 7.17. The van der Waals surface area contributed by atoms with Gasteiger partial charge in [-0.1, -0.05) is 16.4 Å². The summed E-state index contributed by atoms with van der Waals surface area (Å²) in [5, 5.41) is 13.6. The predicted octanol–water partition coefficient (Wildman–Crippen LogP) is 2.59. The summed E-state index contributed by atoms with van der Waals surface area (Å²) < 4.78 is 25.2. The number of nitrogens with one attached hydrogen (secondary N) is 2. The van der Waals surface area contributed by atoms with Crippen LogP contribution < -0.4 is 15.5 Å². The standard InChI is InChI=1S/C21H19FN6O4/c22-17-9-14(28-12-15(31-21(28)29)11-25-19-5-6-26-32-19)2-3-16(17)13-1-4-18(24-10-13)20-23-7-8-30-27-20/h1-6,9-10,15,25H,7-8,11-12H2,(H,23,27)/t15-/m0/s1. The molecule has 1 saturated heterocycles. The fraction of sp³-hybridized carbons (Fsp3) is 0.238. The first kappa shape index (κ1) is 19.8. The van der Waals surface area contributed by atoms with Crippen LogP contribution in [0.25, 0.3) is 11.1 Å². The Hall–Kier alpha value is -4.15. The average molecular weight is 438 g/mol. The molecule has 0 radical (unpaired) electrons. The van der Waals surface area contributed by atoms with Gasteiger partial charge in [0.25, 0.3) is 0 Å². The van der Waals surface area contributed by atoms with Crippen molar-refractivity contribution in [2.75, 3.05) is 36.5 Å². The number of hydrogen-bond acceptors (Lipinski definition) is 9. The van der Waals surface area contributed by atoms with E-state index in [1.807, 2.05) is 0 Å². The van der Waals surface area contributed by atoms with Crippen molar-refractivity contribution < 1.29 is 23.3 Å². The van der Waals surface area contributed by atoms with Crippen LogP contribution in [0.15, 0.2) is 58.5 Å². The Labute approximate surface area is 182 Å². The normalized spacial score (nSPS) is 17.9. The Kier molecular flexibility index (Phi) is 5.28. The molecule has 5 rings (SSSR count). The van der Waals surface area contributed by atoms with Crippen LogP contribution in [0, 0.1) is 5.82 Å². The average Bonchev–Trinajstić information content (AvgIpc) is 3.48. The third kappa shape index (κ3) is 4.04. The van der Waals surface area contributed by atoms with Gasteiger partial charge in [0.2, 0.25) is 5.88 Å². The van der Waals surface area contributed by atoms with Gasteiger partial charge in [-0.3, -0.25) is 9.88 Å². The molecule has 2 N–H and O–H groups in total. The number of benzene rings is 1. The van der Waals surface area contributed by atoms with Crippen molar-refractivity contribution in [1.82, 2.24) is 15.5 Å². The highest BCUT2D eigenvalue weighted by Gasteiger charge is 2.32. The number of carbonyl (C=O) groups excluding carboxylic acids is 1. The largest absolute Gasteiger partial charge is 0.442 e. The Bertz CT molecular complexity index is 1140. The maximum atomic E-state index is 14.9. The number of aromatic nitrogens is 2. The number of pyridine rings is 1. The number of nitrogens with zero attached hydrogens (tertiary/aromatic N) is 4. The summed E-state index contributed by atoms with van der Waals surface area (Å²) in [6.07, 6.45) is 2.14. The summed E-state index contributed by atoms with van der Waals surface area (Å²) >= 11 is 0. The van der Waals surface area contributed by atoms with Crippen molar-refractivity contribution in [3.63, 3.8) is 0 Å². The predicted molar refractivity (Wildman–Crippen MR) is 113 cm³/mol. The lowest BCUT2D eigenvalue weighted by Gasteiger charge is -2.15. The van der Waals surface area contributed by atoms with Gasteiger partial charge in [-0.15, -0.1) is 0 Å². The molecule has 3 aromatic rings. The number of oxime groups is 1. The third-order valence-electron chi connectivity index (χ3n) is 5.04. The molecule has 164 valence electrons. The SMILES string of the molecule is O=C1O[C@@H](CNc2ccno2)CN1c1ccc(-c2ccc(C3=NOCCN3)nc2)c(F)c1. The minimum Gasteiger partial charge on any atom is -0.442 e. The van der Waals surface area contributed by atoms with Crippen LogP contribution in [0.1, 0.15) is 5.69 Å². The third-order valence-corrected chi connectivity index (χ3v) is 5.04. The molecular weight excluding hydrogens is 419 g/mol. The summed E-state index contributed by atoms with van der Waals surface area (Å²) in [7, 11) is 0. The molecule has 0 unspecified atom stereocenters. The molecule has 0 saturated carbocycles. The molecule has 1 atom stereocenters. The molecule has 10 nitrogen and oxygen atoms in total. The second-order valence-corrected chi connectivity index (χ2v) is 7.17. The highest BCUT2D eigenvalue weighted by molar-refractivity contribution is 5.97. The number of ether oxygens (including phenoxy) is 1. The van der Waals surface area contributed by atoms with Crippen molar-refractivity contribution in [3.8, 4) is 11.1 Å². The minimum absolute atomic E-state index is 0.284. The van der Waals surface area contributed by atoms with Crippen LogP contribution >= 0.6 is 0 Å². The Morgan fingerprint density at radius 3 is 2.91 bits per heavy atom. The molecule has 11 heteroatoms. The van der Waals surface area contributed by atoms with Crippen LogP contribution in [0.4, 0.5) is 20.8 Å². The molecule has 1 fully saturated rings. The molecule has 1 aromatic carbocycles. The number of anilines is 2. The summed E-state index contributed by atoms with van der Waals surface area (Å²) in [5.74, 6) is 0.552. The molecule has 0 aliphatic carbocycles. The first-order valence-electron chi connectivity index (χ1n) is 10.0. The van der Waals surface area contributed by atoms with E-state index in [-0.39, 0.29) is 6.54 Å². The van der Waals surface area contributed by atoms with Gasteiger partial charge < -0.3 is 24.7 Å². The molecule has 2 aliphatic rings. The molecule has 32 heavy (non-hydrogen) atoms. The highest BCUT2D eigenvalue weighted by atomic mass is 19.1. The second kappa shape index (κ2) is 8.53. The summed E-state index contributed by atoms with van der Waals surface area (Å²) in [6.45, 7) is 1.78. The van der Waals surface area contributed by atoms with Crippen molar-refractivity contribution in [1.29, 1.82) is 0 Å². The van der Waals surface area contributed by atoms with E-state index in [1.165, 1.54) is 17.2 Å². The Balaban J connectivity index is 1.28. The zero-order valence-electron chi connectivity index (χ0n) is 16.8. The van der Waals surface area contributed by atoms with Crippen molar-refractivity contribution in [2.45, 2.75) is 6.10 Å². The minimum atomic E-state index is -0.532. The van der Waals surface area contributed by atoms with Crippen molar-refractivity contribution >= 4 is 23.5 Å². The number of carbonyl (C=O) groups is 1. The van der Waals surface area contributed by atoms with E-state index in [2.05, 4.69) is 25.9 Å². The monoisotopic (exact) mass is 438 g/mol. The van der Waals surface area contributed by atoms with E-state index in [9.17, 15) is 9.18 Å². The van der Waals surface area contributed by atoms with E-state index in [4.69, 9.17) is 14.1 Å². The quantitative estimate of drug-likeness (QED) is 0.604. The van der Waals surface area contributed by atoms with Crippen molar-refractivity contribution in [3.05, 3.63) is 60.3 Å². The zero-order chi connectivity index (χ0) is 21.9. The molecule has 2 aromatic heterocycles. The van der Waals surface area contributed by atoms with Crippen LogP contribution in [-0.2, 0) is 9.57 Å². The van der Waals surface area contributed by atoms with Gasteiger partial charge in [0.05, 0.1) is 31.5 Å². The van der Waals surface area contributed by atoms with Crippen LogP contribution in [0.3, 0.4) is 0 Å². The Morgan fingerprint density at radius 2 is 2.19 bits per heavy atom. The van der Waals surface area contributed by atoms with E-state index in [0.29, 0.717) is 53.9 Å². The first-order valence-corrected chi connectivity index (χ1v) is 10.0. The summed E-state index contributed by atoms with van der Waals surface area (Å²) in [5.41, 5.74) is 2.00.